The Balaban J connectivity index is 0.824. The molecule has 12 atom stereocenters. The Kier molecular flexibility index (Phi) is 17.0. The van der Waals surface area contributed by atoms with Crippen molar-refractivity contribution in [2.24, 2.45) is 16.7 Å². The highest BCUT2D eigenvalue weighted by Crippen LogP contribution is 2.49. The Morgan fingerprint density at radius 1 is 0.590 bits per heavy atom. The molecule has 4 heterocycles. The molecule has 0 unspecified atom stereocenters. The van der Waals surface area contributed by atoms with Crippen LogP contribution in [0.1, 0.15) is 113 Å². The SMILES string of the molecule is CN[C@@H](C)C(=O)N[C@H]1CCS[C@H]2CC(C)(C)[C@@H](C(=O)N[C@@H]3c4ccccc4C[C@H]3NC(=O)Cc3ccc(CNC(=O)[C@@H]4Cc5ccccc5[C@@H]4NC(=O)[C@H]4N5C(=O)[C@@H](NC(=O)[C@H](C)NC)CCS[C@H]5CC4(C)C)cc3)N2C1=O. The van der Waals surface area contributed by atoms with Crippen LogP contribution in [0.25, 0.3) is 0 Å². The standard InChI is InChI=1S/C58H76N10O8S2/c1-31(59-7)50(70)63-40-21-23-77-44-28-57(3,4)48(67(44)55(40)75)53(73)65-46-37-15-11-9-13-35(37)26-39(46)52(72)61-30-34-19-17-33(18-20-34)25-43(69)62-42-27-36-14-10-12-16-38(36)47(42)66-54(74)49-58(5,6)29-45-68(49)56(76)41(22-24-78-45)64-51(71)32(2)60-8/h9-20,31-32,39-42,44-49,59-60H,21-30H2,1-8H3,(H,61,72)(H,62,69)(H,63,70)(H,64,71)(H,65,73)(H,66,74)/t31-,32-,39+,40-,41-,42+,44-,45-,46-,47+,48+,49+/m0/s1. The first-order valence-corrected chi connectivity index (χ1v) is 29.5. The third kappa shape index (κ3) is 11.7. The molecule has 8 amide bonds. The Morgan fingerprint density at radius 3 is 1.56 bits per heavy atom. The first-order valence-electron chi connectivity index (χ1n) is 27.4. The van der Waals surface area contributed by atoms with Crippen molar-refractivity contribution in [3.63, 3.8) is 0 Å². The van der Waals surface area contributed by atoms with E-state index in [4.69, 9.17) is 0 Å². The topological polar surface area (TPSA) is 239 Å². The number of amides is 8. The largest absolute Gasteiger partial charge is 0.352 e. The number of carbonyl (C=O) groups is 8. The van der Waals surface area contributed by atoms with Gasteiger partial charge in [-0.05, 0) is 122 Å². The summed E-state index contributed by atoms with van der Waals surface area (Å²) in [5.74, 6) is -1.50. The van der Waals surface area contributed by atoms with Gasteiger partial charge in [-0.2, -0.15) is 0 Å². The van der Waals surface area contributed by atoms with Crippen molar-refractivity contribution in [1.29, 1.82) is 0 Å². The van der Waals surface area contributed by atoms with Crippen LogP contribution in [0.5, 0.6) is 0 Å². The van der Waals surface area contributed by atoms with Crippen LogP contribution in [0.3, 0.4) is 0 Å². The Hall–Kier alpha value is -5.96. The number of fused-ring (bicyclic) bond motifs is 4. The number of carbonyl (C=O) groups excluding carboxylic acids is 8. The van der Waals surface area contributed by atoms with Gasteiger partial charge in [-0.1, -0.05) is 100 Å². The number of hydrogen-bond acceptors (Lipinski definition) is 12. The van der Waals surface area contributed by atoms with E-state index in [1.54, 1.807) is 61.3 Å². The van der Waals surface area contributed by atoms with E-state index in [9.17, 15) is 38.4 Å². The summed E-state index contributed by atoms with van der Waals surface area (Å²) >= 11 is 3.27. The van der Waals surface area contributed by atoms with Gasteiger partial charge < -0.3 is 52.3 Å². The first-order chi connectivity index (χ1) is 37.2. The highest BCUT2D eigenvalue weighted by Gasteiger charge is 2.57. The molecular weight excluding hydrogens is 1030 g/mol. The number of thioether (sulfide) groups is 2. The second-order valence-electron chi connectivity index (χ2n) is 23.3. The summed E-state index contributed by atoms with van der Waals surface area (Å²) in [4.78, 5) is 115. The van der Waals surface area contributed by atoms with Gasteiger partial charge in [-0.3, -0.25) is 38.4 Å². The summed E-state index contributed by atoms with van der Waals surface area (Å²) < 4.78 is 0. The molecule has 0 bridgehead atoms. The fourth-order valence-corrected chi connectivity index (χ4v) is 15.6. The number of benzene rings is 3. The minimum absolute atomic E-state index is 0.0725. The van der Waals surface area contributed by atoms with Crippen molar-refractivity contribution >= 4 is 70.8 Å². The lowest BCUT2D eigenvalue weighted by Gasteiger charge is -2.35. The molecule has 78 heavy (non-hydrogen) atoms. The van der Waals surface area contributed by atoms with Crippen molar-refractivity contribution in [2.75, 3.05) is 25.6 Å². The molecule has 6 aliphatic rings. The fourth-order valence-electron chi connectivity index (χ4n) is 12.5. The summed E-state index contributed by atoms with van der Waals surface area (Å²) in [6.45, 7) is 11.7. The van der Waals surface area contributed by atoms with Gasteiger partial charge in [0, 0.05) is 6.54 Å². The van der Waals surface area contributed by atoms with Crippen LogP contribution < -0.4 is 42.5 Å². The molecule has 4 aliphatic heterocycles. The maximum atomic E-state index is 14.7. The molecule has 20 heteroatoms. The Bertz CT molecular complexity index is 2810. The molecule has 3 aromatic carbocycles. The van der Waals surface area contributed by atoms with Crippen LogP contribution in [-0.4, -0.2) is 136 Å². The van der Waals surface area contributed by atoms with Crippen LogP contribution in [0.2, 0.25) is 0 Å². The van der Waals surface area contributed by atoms with E-state index in [0.717, 1.165) is 33.4 Å². The smallest absolute Gasteiger partial charge is 0.246 e. The third-order valence-corrected chi connectivity index (χ3v) is 19.5. The van der Waals surface area contributed by atoms with Gasteiger partial charge in [0.1, 0.15) is 24.2 Å². The number of nitrogens with zero attached hydrogens (tertiary/aromatic N) is 2. The van der Waals surface area contributed by atoms with E-state index >= 15 is 0 Å². The quantitative estimate of drug-likeness (QED) is 0.103. The Labute approximate surface area is 466 Å². The maximum absolute atomic E-state index is 14.7. The van der Waals surface area contributed by atoms with Crippen LogP contribution in [0.15, 0.2) is 72.8 Å². The zero-order chi connectivity index (χ0) is 55.8. The minimum Gasteiger partial charge on any atom is -0.352 e. The van der Waals surface area contributed by atoms with Crippen molar-refractivity contribution < 1.29 is 38.4 Å². The summed E-state index contributed by atoms with van der Waals surface area (Å²) in [6.07, 6.45) is 3.13. The number of hydrogen-bond donors (Lipinski definition) is 8. The summed E-state index contributed by atoms with van der Waals surface area (Å²) in [5.41, 5.74) is 4.16. The normalized spacial score (nSPS) is 28.4. The van der Waals surface area contributed by atoms with E-state index < -0.39 is 71.1 Å². The van der Waals surface area contributed by atoms with E-state index in [1.165, 1.54) is 0 Å². The lowest BCUT2D eigenvalue weighted by Crippen LogP contribution is -2.58. The third-order valence-electron chi connectivity index (χ3n) is 17.0. The van der Waals surface area contributed by atoms with Gasteiger partial charge in [0.15, 0.2) is 0 Å². The highest BCUT2D eigenvalue weighted by molar-refractivity contribution is 8.00. The maximum Gasteiger partial charge on any atom is 0.246 e. The highest BCUT2D eigenvalue weighted by atomic mass is 32.2. The average Bonchev–Trinajstić information content (AvgIpc) is 4.21. The van der Waals surface area contributed by atoms with Crippen molar-refractivity contribution in [2.45, 2.75) is 158 Å². The van der Waals surface area contributed by atoms with Crippen molar-refractivity contribution in [1.82, 2.24) is 52.3 Å². The van der Waals surface area contributed by atoms with Crippen LogP contribution >= 0.6 is 23.5 Å². The zero-order valence-electron chi connectivity index (χ0n) is 45.9. The van der Waals surface area contributed by atoms with Gasteiger partial charge in [0.25, 0.3) is 0 Å². The molecule has 418 valence electrons. The lowest BCUT2D eigenvalue weighted by molar-refractivity contribution is -0.144. The van der Waals surface area contributed by atoms with Gasteiger partial charge in [0.2, 0.25) is 47.3 Å². The van der Waals surface area contributed by atoms with E-state index in [0.29, 0.717) is 50.0 Å². The van der Waals surface area contributed by atoms with Crippen molar-refractivity contribution in [3.8, 4) is 0 Å². The molecule has 0 aromatic heterocycles. The van der Waals surface area contributed by atoms with Crippen LogP contribution in [0.4, 0.5) is 0 Å². The predicted octanol–water partition coefficient (Wildman–Crippen LogP) is 3.14. The number of nitrogens with one attached hydrogen (secondary N) is 8. The van der Waals surface area contributed by atoms with E-state index in [2.05, 4.69) is 42.5 Å². The predicted molar refractivity (Wildman–Crippen MR) is 300 cm³/mol. The molecule has 3 aromatic rings. The lowest BCUT2D eigenvalue weighted by atomic mass is 9.83. The molecule has 0 radical (unpaired) electrons. The molecule has 2 aliphatic carbocycles. The monoisotopic (exact) mass is 1100 g/mol. The molecule has 9 rings (SSSR count). The van der Waals surface area contributed by atoms with E-state index in [1.807, 2.05) is 100 Å². The molecule has 0 saturated carbocycles. The number of rotatable bonds is 16. The Morgan fingerprint density at radius 2 is 1.05 bits per heavy atom. The second-order valence-corrected chi connectivity index (χ2v) is 25.9. The molecule has 4 fully saturated rings. The number of likely N-dealkylation sites (N-methyl/N-ethyl adjacent to an activating group) is 2. The molecule has 18 nitrogen and oxygen atoms in total. The fraction of sp³-hybridized carbons (Fsp3) is 0.552. The van der Waals surface area contributed by atoms with Gasteiger partial charge >= 0.3 is 0 Å². The molecular formula is C58H76N10O8S2. The van der Waals surface area contributed by atoms with Crippen LogP contribution in [-0.2, 0) is 64.2 Å². The van der Waals surface area contributed by atoms with Crippen molar-refractivity contribution in [3.05, 3.63) is 106 Å². The molecule has 0 spiro atoms. The second kappa shape index (κ2) is 23.4. The summed E-state index contributed by atoms with van der Waals surface area (Å²) in [5, 5.41) is 24.1. The summed E-state index contributed by atoms with van der Waals surface area (Å²) in [6, 6.07) is 17.2. The summed E-state index contributed by atoms with van der Waals surface area (Å²) in [7, 11) is 3.37. The van der Waals surface area contributed by atoms with E-state index in [-0.39, 0.29) is 71.0 Å². The van der Waals surface area contributed by atoms with Crippen LogP contribution in [0, 0.1) is 16.7 Å². The van der Waals surface area contributed by atoms with Gasteiger partial charge in [-0.25, -0.2) is 0 Å². The minimum atomic E-state index is -0.825. The average molecular weight is 1110 g/mol. The van der Waals surface area contributed by atoms with Gasteiger partial charge in [0.05, 0.1) is 53.3 Å². The first kappa shape index (κ1) is 56.7. The molecule has 4 saturated heterocycles. The molecule has 8 N–H and O–H groups in total. The zero-order valence-corrected chi connectivity index (χ0v) is 47.5. The van der Waals surface area contributed by atoms with Gasteiger partial charge in [-0.15, -0.1) is 23.5 Å².